The molecule has 0 aromatic heterocycles. The van der Waals surface area contributed by atoms with Crippen LogP contribution in [0.5, 0.6) is 0 Å². The van der Waals surface area contributed by atoms with Crippen LogP contribution in [0.2, 0.25) is 0 Å². The Hall–Kier alpha value is -0.820. The second-order valence-electron chi connectivity index (χ2n) is 4.20. The van der Waals surface area contributed by atoms with Gasteiger partial charge in [0.05, 0.1) is 0 Å². The van der Waals surface area contributed by atoms with Gasteiger partial charge in [-0.15, -0.1) is 0 Å². The van der Waals surface area contributed by atoms with E-state index in [1.807, 2.05) is 0 Å². The van der Waals surface area contributed by atoms with Crippen LogP contribution < -0.4 is 0 Å². The first-order valence-corrected chi connectivity index (χ1v) is 5.24. The van der Waals surface area contributed by atoms with Crippen LogP contribution in [0.1, 0.15) is 17.5 Å². The molecule has 0 bridgehead atoms. The molecule has 1 saturated heterocycles. The Morgan fingerprint density at radius 2 is 1.85 bits per heavy atom. The summed E-state index contributed by atoms with van der Waals surface area (Å²) in [6.45, 7) is 2.68. The van der Waals surface area contributed by atoms with E-state index in [0.29, 0.717) is 0 Å². The van der Waals surface area contributed by atoms with Gasteiger partial charge in [-0.25, -0.2) is 0 Å². The summed E-state index contributed by atoms with van der Waals surface area (Å²) in [4.78, 5) is 2.59. The van der Waals surface area contributed by atoms with Gasteiger partial charge in [0, 0.05) is 19.1 Å². The van der Waals surface area contributed by atoms with Gasteiger partial charge in [0.2, 0.25) is 0 Å². The van der Waals surface area contributed by atoms with Crippen molar-refractivity contribution in [3.8, 4) is 0 Å². The lowest BCUT2D eigenvalue weighted by molar-refractivity contribution is 0.359. The van der Waals surface area contributed by atoms with Crippen molar-refractivity contribution in [1.82, 2.24) is 4.90 Å². The normalized spacial score (nSPS) is 26.9. The number of benzene rings is 1. The molecule has 1 heteroatoms. The molecule has 1 unspecified atom stereocenters. The molecule has 2 aliphatic rings. The minimum absolute atomic E-state index is 0.856. The molecule has 3 rings (SSSR count). The Kier molecular flexibility index (Phi) is 1.66. The van der Waals surface area contributed by atoms with Crippen molar-refractivity contribution in [3.63, 3.8) is 0 Å². The predicted molar refractivity (Wildman–Crippen MR) is 53.8 cm³/mol. The summed E-state index contributed by atoms with van der Waals surface area (Å²) in [5.41, 5.74) is 3.17. The van der Waals surface area contributed by atoms with Crippen LogP contribution in [0.15, 0.2) is 24.3 Å². The third-order valence-electron chi connectivity index (χ3n) is 3.32. The van der Waals surface area contributed by atoms with E-state index < -0.39 is 0 Å². The van der Waals surface area contributed by atoms with E-state index in [9.17, 15) is 0 Å². The lowest BCUT2D eigenvalue weighted by Gasteiger charge is -2.25. The highest BCUT2D eigenvalue weighted by Gasteiger charge is 2.29. The smallest absolute Gasteiger partial charge is 0.0140 e. The van der Waals surface area contributed by atoms with Crippen molar-refractivity contribution in [1.29, 1.82) is 0 Å². The molecule has 0 saturated carbocycles. The van der Waals surface area contributed by atoms with Crippen LogP contribution in [0.25, 0.3) is 0 Å². The lowest BCUT2D eigenvalue weighted by atomic mass is 9.88. The van der Waals surface area contributed by atoms with Gasteiger partial charge < -0.3 is 0 Å². The van der Waals surface area contributed by atoms with Crippen molar-refractivity contribution in [3.05, 3.63) is 35.4 Å². The van der Waals surface area contributed by atoms with Crippen LogP contribution in [-0.4, -0.2) is 24.0 Å². The van der Waals surface area contributed by atoms with Crippen molar-refractivity contribution in [2.24, 2.45) is 0 Å². The Bertz CT molecular complexity index is 315. The van der Waals surface area contributed by atoms with E-state index in [2.05, 4.69) is 29.2 Å². The minimum Gasteiger partial charge on any atom is -0.298 e. The first-order chi connectivity index (χ1) is 6.43. The Balaban J connectivity index is 1.85. The van der Waals surface area contributed by atoms with E-state index in [4.69, 9.17) is 0 Å². The number of rotatable bonds is 1. The SMILES string of the molecule is c1ccc2c(c1)CCC(N1CC1)C2. The molecule has 0 radical (unpaired) electrons. The molecule has 1 aliphatic heterocycles. The molecule has 1 aromatic carbocycles. The summed E-state index contributed by atoms with van der Waals surface area (Å²) in [5.74, 6) is 0. The fourth-order valence-electron chi connectivity index (χ4n) is 2.41. The number of aryl methyl sites for hydroxylation is 1. The molecule has 13 heavy (non-hydrogen) atoms. The van der Waals surface area contributed by atoms with Gasteiger partial charge >= 0.3 is 0 Å². The molecule has 68 valence electrons. The van der Waals surface area contributed by atoms with Crippen LogP contribution in [0, 0.1) is 0 Å². The van der Waals surface area contributed by atoms with Gasteiger partial charge in [-0.3, -0.25) is 4.90 Å². The average molecular weight is 173 g/mol. The molecule has 1 heterocycles. The van der Waals surface area contributed by atoms with E-state index >= 15 is 0 Å². The van der Waals surface area contributed by atoms with Gasteiger partial charge in [0.1, 0.15) is 0 Å². The van der Waals surface area contributed by atoms with E-state index in [1.165, 1.54) is 32.4 Å². The quantitative estimate of drug-likeness (QED) is 0.586. The standard InChI is InChI=1S/C12H15N/c1-2-4-11-9-12(13-7-8-13)6-5-10(11)3-1/h1-4,12H,5-9H2. The highest BCUT2D eigenvalue weighted by Crippen LogP contribution is 2.27. The fourth-order valence-corrected chi connectivity index (χ4v) is 2.41. The Morgan fingerprint density at radius 3 is 2.62 bits per heavy atom. The largest absolute Gasteiger partial charge is 0.298 e. The van der Waals surface area contributed by atoms with Gasteiger partial charge in [0.15, 0.2) is 0 Å². The van der Waals surface area contributed by atoms with Crippen molar-refractivity contribution in [2.75, 3.05) is 13.1 Å². The third-order valence-corrected chi connectivity index (χ3v) is 3.32. The molecule has 1 aliphatic carbocycles. The molecular formula is C12H15N. The van der Waals surface area contributed by atoms with Crippen LogP contribution in [-0.2, 0) is 12.8 Å². The Labute approximate surface area is 79.4 Å². The summed E-state index contributed by atoms with van der Waals surface area (Å²) in [6.07, 6.45) is 3.95. The molecule has 0 N–H and O–H groups in total. The molecule has 0 amide bonds. The summed E-state index contributed by atoms with van der Waals surface area (Å²) < 4.78 is 0. The van der Waals surface area contributed by atoms with Crippen molar-refractivity contribution in [2.45, 2.75) is 25.3 Å². The van der Waals surface area contributed by atoms with Crippen LogP contribution in [0.3, 0.4) is 0 Å². The monoisotopic (exact) mass is 173 g/mol. The molecular weight excluding hydrogens is 158 g/mol. The zero-order valence-electron chi connectivity index (χ0n) is 7.87. The highest BCUT2D eigenvalue weighted by atomic mass is 15.3. The second kappa shape index (κ2) is 2.85. The van der Waals surface area contributed by atoms with Crippen molar-refractivity contribution >= 4 is 0 Å². The summed E-state index contributed by atoms with van der Waals surface area (Å²) >= 11 is 0. The van der Waals surface area contributed by atoms with Gasteiger partial charge in [-0.1, -0.05) is 24.3 Å². The number of fused-ring (bicyclic) bond motifs is 1. The number of hydrogen-bond acceptors (Lipinski definition) is 1. The first-order valence-electron chi connectivity index (χ1n) is 5.24. The molecule has 1 nitrogen and oxygen atoms in total. The number of hydrogen-bond donors (Lipinski definition) is 0. The summed E-state index contributed by atoms with van der Waals surface area (Å²) in [6, 6.07) is 9.77. The average Bonchev–Trinajstić information content (AvgIpc) is 3.00. The van der Waals surface area contributed by atoms with Gasteiger partial charge in [-0.05, 0) is 30.4 Å². The highest BCUT2D eigenvalue weighted by molar-refractivity contribution is 5.30. The third kappa shape index (κ3) is 1.37. The van der Waals surface area contributed by atoms with Crippen LogP contribution >= 0.6 is 0 Å². The molecule has 1 fully saturated rings. The van der Waals surface area contributed by atoms with Crippen molar-refractivity contribution < 1.29 is 0 Å². The van der Waals surface area contributed by atoms with E-state index in [1.54, 1.807) is 11.1 Å². The van der Waals surface area contributed by atoms with Gasteiger partial charge in [0.25, 0.3) is 0 Å². The Morgan fingerprint density at radius 1 is 1.08 bits per heavy atom. The second-order valence-corrected chi connectivity index (χ2v) is 4.20. The first kappa shape index (κ1) is 7.57. The molecule has 0 spiro atoms. The fraction of sp³-hybridized carbons (Fsp3) is 0.500. The summed E-state index contributed by atoms with van der Waals surface area (Å²) in [5, 5.41) is 0. The minimum atomic E-state index is 0.856. The zero-order chi connectivity index (χ0) is 8.67. The van der Waals surface area contributed by atoms with Crippen LogP contribution in [0.4, 0.5) is 0 Å². The lowest BCUT2D eigenvalue weighted by Crippen LogP contribution is -2.26. The maximum absolute atomic E-state index is 2.59. The van der Waals surface area contributed by atoms with E-state index in [-0.39, 0.29) is 0 Å². The molecule has 1 atom stereocenters. The zero-order valence-corrected chi connectivity index (χ0v) is 7.87. The predicted octanol–water partition coefficient (Wildman–Crippen LogP) is 1.86. The summed E-state index contributed by atoms with van der Waals surface area (Å²) in [7, 11) is 0. The molecule has 1 aromatic rings. The maximum atomic E-state index is 2.59. The van der Waals surface area contributed by atoms with Gasteiger partial charge in [-0.2, -0.15) is 0 Å². The topological polar surface area (TPSA) is 3.01 Å². The van der Waals surface area contributed by atoms with E-state index in [0.717, 1.165) is 6.04 Å². The maximum Gasteiger partial charge on any atom is 0.0140 e. The number of nitrogens with zero attached hydrogens (tertiary/aromatic N) is 1.